The molecule has 27 heavy (non-hydrogen) atoms. The van der Waals surface area contributed by atoms with Gasteiger partial charge in [0.1, 0.15) is 5.25 Å². The summed E-state index contributed by atoms with van der Waals surface area (Å²) in [5.74, 6) is -0.0176. The van der Waals surface area contributed by atoms with E-state index in [1.165, 1.54) is 11.8 Å². The molecule has 138 valence electrons. The van der Waals surface area contributed by atoms with Crippen LogP contribution in [-0.2, 0) is 4.79 Å². The number of amides is 1. The summed E-state index contributed by atoms with van der Waals surface area (Å²) in [5.41, 5.74) is 1.56. The van der Waals surface area contributed by atoms with Crippen molar-refractivity contribution in [2.45, 2.75) is 29.3 Å². The maximum atomic E-state index is 13.1. The second-order valence-corrected chi connectivity index (χ2v) is 8.03. The van der Waals surface area contributed by atoms with Gasteiger partial charge in [-0.1, -0.05) is 54.2 Å². The minimum atomic E-state index is -0.445. The van der Waals surface area contributed by atoms with E-state index in [1.807, 2.05) is 54.6 Å². The Kier molecular flexibility index (Phi) is 4.74. The van der Waals surface area contributed by atoms with Crippen LogP contribution in [0.5, 0.6) is 0 Å². The molecule has 0 saturated heterocycles. The van der Waals surface area contributed by atoms with Crippen molar-refractivity contribution >= 4 is 28.6 Å². The van der Waals surface area contributed by atoms with Gasteiger partial charge < -0.3 is 4.90 Å². The highest BCUT2D eigenvalue weighted by molar-refractivity contribution is 8.00. The van der Waals surface area contributed by atoms with Crippen molar-refractivity contribution in [3.63, 3.8) is 0 Å². The monoisotopic (exact) mass is 379 g/mol. The molecular weight excluding hydrogens is 358 g/mol. The average Bonchev–Trinajstić information content (AvgIpc) is 3.51. The first-order chi connectivity index (χ1) is 13.1. The fourth-order valence-electron chi connectivity index (χ4n) is 3.09. The van der Waals surface area contributed by atoms with E-state index in [9.17, 15) is 9.59 Å². The smallest absolute Gasteiger partial charge is 0.262 e. The number of carbonyl (C=O) groups excluding carboxylic acids is 1. The molecular formula is C21H21N3O2S. The first-order valence-electron chi connectivity index (χ1n) is 9.00. The molecule has 0 N–H and O–H groups in total. The lowest BCUT2D eigenvalue weighted by Crippen LogP contribution is -2.28. The van der Waals surface area contributed by atoms with E-state index in [4.69, 9.17) is 4.98 Å². The molecule has 3 aromatic rings. The summed E-state index contributed by atoms with van der Waals surface area (Å²) in [6.45, 7) is 0. The van der Waals surface area contributed by atoms with E-state index in [0.717, 1.165) is 18.4 Å². The maximum Gasteiger partial charge on any atom is 0.262 e. The summed E-state index contributed by atoms with van der Waals surface area (Å²) < 4.78 is 1.78. The number of fused-ring (bicyclic) bond motifs is 1. The summed E-state index contributed by atoms with van der Waals surface area (Å²) in [6, 6.07) is 17.3. The van der Waals surface area contributed by atoms with Crippen molar-refractivity contribution in [2.24, 2.45) is 0 Å². The van der Waals surface area contributed by atoms with Crippen LogP contribution in [0.15, 0.2) is 64.5 Å². The van der Waals surface area contributed by atoms with E-state index >= 15 is 0 Å². The topological polar surface area (TPSA) is 55.2 Å². The van der Waals surface area contributed by atoms with Crippen molar-refractivity contribution in [3.8, 4) is 0 Å². The van der Waals surface area contributed by atoms with Gasteiger partial charge in [0.05, 0.1) is 10.9 Å². The molecule has 4 rings (SSSR count). The predicted molar refractivity (Wildman–Crippen MR) is 108 cm³/mol. The van der Waals surface area contributed by atoms with E-state index in [1.54, 1.807) is 23.6 Å². The van der Waals surface area contributed by atoms with Crippen LogP contribution in [0.3, 0.4) is 0 Å². The van der Waals surface area contributed by atoms with Crippen LogP contribution in [0, 0.1) is 0 Å². The lowest BCUT2D eigenvalue weighted by atomic mass is 10.1. The van der Waals surface area contributed by atoms with Gasteiger partial charge in [-0.2, -0.15) is 0 Å². The summed E-state index contributed by atoms with van der Waals surface area (Å²) in [6.07, 6.45) is 1.95. The van der Waals surface area contributed by atoms with Gasteiger partial charge in [-0.05, 0) is 30.5 Å². The van der Waals surface area contributed by atoms with Gasteiger partial charge in [0.15, 0.2) is 5.16 Å². The Morgan fingerprint density at radius 2 is 1.78 bits per heavy atom. The van der Waals surface area contributed by atoms with Gasteiger partial charge in [0, 0.05) is 20.1 Å². The molecule has 1 saturated carbocycles. The lowest BCUT2D eigenvalue weighted by Gasteiger charge is -2.22. The number of para-hydroxylation sites is 1. The van der Waals surface area contributed by atoms with Gasteiger partial charge in [-0.15, -0.1) is 0 Å². The highest BCUT2D eigenvalue weighted by atomic mass is 32.2. The standard InChI is InChI=1S/C21H21N3O2S/c1-23(2)20(26)18(14-8-4-3-5-9-14)27-21-22-17-11-7-6-10-16(17)19(25)24(21)15-12-13-15/h3-11,15,18H,12-13H2,1-2H3/t18-/m1/s1. The first-order valence-corrected chi connectivity index (χ1v) is 9.88. The molecule has 1 fully saturated rings. The molecule has 5 nitrogen and oxygen atoms in total. The minimum absolute atomic E-state index is 0.0176. The molecule has 0 spiro atoms. The second-order valence-electron chi connectivity index (χ2n) is 6.96. The molecule has 2 aromatic carbocycles. The van der Waals surface area contributed by atoms with Crippen LogP contribution in [0.2, 0.25) is 0 Å². The molecule has 6 heteroatoms. The van der Waals surface area contributed by atoms with Crippen molar-refractivity contribution in [1.82, 2.24) is 14.5 Å². The van der Waals surface area contributed by atoms with Crippen LogP contribution in [0.25, 0.3) is 10.9 Å². The Hall–Kier alpha value is -2.60. The average molecular weight is 379 g/mol. The number of aromatic nitrogens is 2. The molecule has 0 aliphatic heterocycles. The van der Waals surface area contributed by atoms with Gasteiger partial charge in [0.2, 0.25) is 5.91 Å². The third kappa shape index (κ3) is 3.49. The number of carbonyl (C=O) groups is 1. The zero-order chi connectivity index (χ0) is 19.0. The molecule has 1 aliphatic carbocycles. The van der Waals surface area contributed by atoms with E-state index in [-0.39, 0.29) is 17.5 Å². The summed E-state index contributed by atoms with van der Waals surface area (Å²) in [7, 11) is 3.50. The molecule has 0 radical (unpaired) electrons. The van der Waals surface area contributed by atoms with Gasteiger partial charge in [0.25, 0.3) is 5.56 Å². The number of benzene rings is 2. The SMILES string of the molecule is CN(C)C(=O)[C@H](Sc1nc2ccccc2c(=O)n1C1CC1)c1ccccc1. The third-order valence-electron chi connectivity index (χ3n) is 4.68. The normalized spacial score (nSPS) is 14.9. The fraction of sp³-hybridized carbons (Fsp3) is 0.286. The molecule has 1 amide bonds. The zero-order valence-electron chi connectivity index (χ0n) is 15.3. The van der Waals surface area contributed by atoms with Crippen LogP contribution < -0.4 is 5.56 Å². The third-order valence-corrected chi connectivity index (χ3v) is 5.89. The number of likely N-dealkylation sites (N-methyl/N-ethyl adjacent to an activating group) is 1. The predicted octanol–water partition coefficient (Wildman–Crippen LogP) is 3.65. The highest BCUT2D eigenvalue weighted by Gasteiger charge is 2.32. The van der Waals surface area contributed by atoms with Crippen molar-refractivity contribution in [2.75, 3.05) is 14.1 Å². The number of nitrogens with zero attached hydrogens (tertiary/aromatic N) is 3. The molecule has 1 aromatic heterocycles. The second kappa shape index (κ2) is 7.19. The lowest BCUT2D eigenvalue weighted by molar-refractivity contribution is -0.128. The number of thioether (sulfide) groups is 1. The van der Waals surface area contributed by atoms with Gasteiger partial charge >= 0.3 is 0 Å². The molecule has 1 heterocycles. The van der Waals surface area contributed by atoms with Gasteiger partial charge in [-0.3, -0.25) is 14.2 Å². The molecule has 1 aliphatic rings. The van der Waals surface area contributed by atoms with Crippen molar-refractivity contribution in [3.05, 3.63) is 70.5 Å². The van der Waals surface area contributed by atoms with E-state index < -0.39 is 5.25 Å². The highest BCUT2D eigenvalue weighted by Crippen LogP contribution is 2.41. The molecule has 0 bridgehead atoms. The van der Waals surface area contributed by atoms with Crippen LogP contribution in [0.1, 0.15) is 29.7 Å². The number of hydrogen-bond acceptors (Lipinski definition) is 4. The van der Waals surface area contributed by atoms with Crippen molar-refractivity contribution in [1.29, 1.82) is 0 Å². The zero-order valence-corrected chi connectivity index (χ0v) is 16.1. The van der Waals surface area contributed by atoms with Crippen LogP contribution >= 0.6 is 11.8 Å². The molecule has 1 atom stereocenters. The van der Waals surface area contributed by atoms with Gasteiger partial charge in [-0.25, -0.2) is 4.98 Å². The summed E-state index contributed by atoms with van der Waals surface area (Å²) >= 11 is 1.36. The fourth-order valence-corrected chi connectivity index (χ4v) is 4.40. The van der Waals surface area contributed by atoms with Crippen LogP contribution in [0.4, 0.5) is 0 Å². The molecule has 0 unspecified atom stereocenters. The van der Waals surface area contributed by atoms with E-state index in [0.29, 0.717) is 16.1 Å². The first kappa shape index (κ1) is 17.8. The van der Waals surface area contributed by atoms with E-state index in [2.05, 4.69) is 0 Å². The largest absolute Gasteiger partial charge is 0.348 e. The Balaban J connectivity index is 1.84. The Morgan fingerprint density at radius 1 is 1.11 bits per heavy atom. The Labute approximate surface area is 162 Å². The summed E-state index contributed by atoms with van der Waals surface area (Å²) in [5, 5.41) is 0.800. The summed E-state index contributed by atoms with van der Waals surface area (Å²) in [4.78, 5) is 32.3. The number of hydrogen-bond donors (Lipinski definition) is 0. The maximum absolute atomic E-state index is 13.1. The van der Waals surface area contributed by atoms with Crippen molar-refractivity contribution < 1.29 is 4.79 Å². The Morgan fingerprint density at radius 3 is 2.44 bits per heavy atom. The quantitative estimate of drug-likeness (QED) is 0.502. The number of rotatable bonds is 5. The Bertz CT molecular complexity index is 1040. The van der Waals surface area contributed by atoms with Crippen LogP contribution in [-0.4, -0.2) is 34.5 Å². The minimum Gasteiger partial charge on any atom is -0.348 e.